The minimum atomic E-state index is -1.54. The van der Waals surface area contributed by atoms with Gasteiger partial charge in [-0.2, -0.15) is 5.26 Å². The molecule has 3 aromatic carbocycles. The van der Waals surface area contributed by atoms with E-state index in [1.165, 1.54) is 11.1 Å². The maximum absolute atomic E-state index is 9.68. The Morgan fingerprint density at radius 3 is 1.56 bits per heavy atom. The first-order chi connectivity index (χ1) is 13.1. The van der Waals surface area contributed by atoms with Crippen LogP contribution in [0, 0.1) is 11.3 Å². The first-order valence-electron chi connectivity index (χ1n) is 8.86. The van der Waals surface area contributed by atoms with Gasteiger partial charge < -0.3 is 4.90 Å². The van der Waals surface area contributed by atoms with E-state index in [9.17, 15) is 5.26 Å². The second kappa shape index (κ2) is 9.06. The minimum absolute atomic E-state index is 0.396. The molecule has 0 heterocycles. The molecule has 3 aromatic rings. The smallest absolute Gasteiger partial charge is 0.258 e. The minimum Gasteiger partial charge on any atom is -0.318 e. The fraction of sp³-hybridized carbons (Fsp3) is 0.174. The SMILES string of the molecule is N#CC(Cl)(Cl)[C@@H](c1ccccc1)[NH+](Cc1ccccc1)Cc1ccccc1. The van der Waals surface area contributed by atoms with Crippen molar-refractivity contribution in [3.8, 4) is 6.07 Å². The maximum atomic E-state index is 9.68. The lowest BCUT2D eigenvalue weighted by atomic mass is 9.99. The highest BCUT2D eigenvalue weighted by Crippen LogP contribution is 2.33. The van der Waals surface area contributed by atoms with Gasteiger partial charge in [0.15, 0.2) is 6.04 Å². The number of nitrogens with one attached hydrogen (secondary N) is 1. The van der Waals surface area contributed by atoms with Crippen LogP contribution in [0.4, 0.5) is 0 Å². The number of alkyl halides is 2. The zero-order valence-corrected chi connectivity index (χ0v) is 16.4. The number of quaternary nitrogens is 1. The van der Waals surface area contributed by atoms with Crippen LogP contribution in [0.5, 0.6) is 0 Å². The fourth-order valence-electron chi connectivity index (χ4n) is 3.39. The van der Waals surface area contributed by atoms with Gasteiger partial charge in [-0.25, -0.2) is 0 Å². The van der Waals surface area contributed by atoms with Gasteiger partial charge in [-0.05, 0) is 0 Å². The van der Waals surface area contributed by atoms with E-state index in [1.54, 1.807) is 0 Å². The molecule has 0 aromatic heterocycles. The van der Waals surface area contributed by atoms with Gasteiger partial charge in [-0.15, -0.1) is 0 Å². The predicted molar refractivity (Wildman–Crippen MR) is 110 cm³/mol. The molecule has 0 amide bonds. The highest BCUT2D eigenvalue weighted by atomic mass is 35.5. The molecular formula is C23H21Cl2N2+. The molecule has 4 heteroatoms. The highest BCUT2D eigenvalue weighted by Gasteiger charge is 2.44. The molecule has 0 bridgehead atoms. The summed E-state index contributed by atoms with van der Waals surface area (Å²) in [5.74, 6) is 0. The van der Waals surface area contributed by atoms with Gasteiger partial charge in [0.2, 0.25) is 0 Å². The van der Waals surface area contributed by atoms with Crippen molar-refractivity contribution in [2.45, 2.75) is 23.5 Å². The monoisotopic (exact) mass is 395 g/mol. The molecule has 0 radical (unpaired) electrons. The third kappa shape index (κ3) is 5.11. The highest BCUT2D eigenvalue weighted by molar-refractivity contribution is 6.50. The predicted octanol–water partition coefficient (Wildman–Crippen LogP) is 4.71. The number of hydrogen-bond acceptors (Lipinski definition) is 1. The second-order valence-corrected chi connectivity index (χ2v) is 7.95. The van der Waals surface area contributed by atoms with Gasteiger partial charge in [0.05, 0.1) is 0 Å². The summed E-state index contributed by atoms with van der Waals surface area (Å²) in [5, 5.41) is 9.68. The lowest BCUT2D eigenvalue weighted by Crippen LogP contribution is -3.11. The topological polar surface area (TPSA) is 28.2 Å². The summed E-state index contributed by atoms with van der Waals surface area (Å²) in [6, 6.07) is 31.9. The normalized spacial score (nSPS) is 12.5. The standard InChI is InChI=1S/C23H20Cl2N2/c24-23(25,18-26)22(21-14-8-3-9-15-21)27(16-19-10-4-1-5-11-19)17-20-12-6-2-7-13-20/h1-15,22H,16-17H2/p+1/t22-/m1/s1. The van der Waals surface area contributed by atoms with Crippen LogP contribution in [0.25, 0.3) is 0 Å². The Morgan fingerprint density at radius 1 is 0.741 bits per heavy atom. The second-order valence-electron chi connectivity index (χ2n) is 6.56. The van der Waals surface area contributed by atoms with E-state index in [1.807, 2.05) is 66.7 Å². The summed E-state index contributed by atoms with van der Waals surface area (Å²) in [5.41, 5.74) is 3.30. The van der Waals surface area contributed by atoms with Crippen LogP contribution in [0.3, 0.4) is 0 Å². The maximum Gasteiger partial charge on any atom is 0.258 e. The number of halogens is 2. The molecular weight excluding hydrogens is 375 g/mol. The van der Waals surface area contributed by atoms with Crippen LogP contribution < -0.4 is 4.90 Å². The average molecular weight is 396 g/mol. The van der Waals surface area contributed by atoms with Crippen molar-refractivity contribution in [3.05, 3.63) is 108 Å². The first-order valence-corrected chi connectivity index (χ1v) is 9.62. The molecule has 0 spiro atoms. The number of nitrogens with zero attached hydrogens (tertiary/aromatic N) is 1. The van der Waals surface area contributed by atoms with Crippen LogP contribution in [0.2, 0.25) is 0 Å². The van der Waals surface area contributed by atoms with E-state index in [0.717, 1.165) is 10.5 Å². The summed E-state index contributed by atoms with van der Waals surface area (Å²) in [7, 11) is 0. The number of benzene rings is 3. The van der Waals surface area contributed by atoms with Gasteiger partial charge >= 0.3 is 0 Å². The molecule has 1 atom stereocenters. The number of rotatable bonds is 7. The van der Waals surface area contributed by atoms with E-state index in [2.05, 4.69) is 30.3 Å². The lowest BCUT2D eigenvalue weighted by Gasteiger charge is -2.33. The summed E-state index contributed by atoms with van der Waals surface area (Å²) in [4.78, 5) is 1.12. The molecule has 2 nitrogen and oxygen atoms in total. The summed E-state index contributed by atoms with van der Waals surface area (Å²) < 4.78 is -1.54. The molecule has 0 saturated carbocycles. The fourth-order valence-corrected chi connectivity index (χ4v) is 3.95. The molecule has 0 unspecified atom stereocenters. The van der Waals surface area contributed by atoms with E-state index < -0.39 is 10.4 Å². The summed E-state index contributed by atoms with van der Waals surface area (Å²) in [6.45, 7) is 1.41. The Labute approximate surface area is 170 Å². The number of nitriles is 1. The first kappa shape index (κ1) is 19.5. The van der Waals surface area contributed by atoms with Crippen molar-refractivity contribution in [3.63, 3.8) is 0 Å². The van der Waals surface area contributed by atoms with Gasteiger partial charge in [-0.1, -0.05) is 114 Å². The Bertz CT molecular complexity index is 833. The van der Waals surface area contributed by atoms with Crippen LogP contribution >= 0.6 is 23.2 Å². The van der Waals surface area contributed by atoms with Crippen molar-refractivity contribution in [2.24, 2.45) is 0 Å². The van der Waals surface area contributed by atoms with Gasteiger partial charge in [0.25, 0.3) is 4.33 Å². The van der Waals surface area contributed by atoms with Gasteiger partial charge in [0.1, 0.15) is 19.2 Å². The molecule has 27 heavy (non-hydrogen) atoms. The molecule has 0 aliphatic heterocycles. The zero-order valence-electron chi connectivity index (χ0n) is 14.9. The molecule has 0 aliphatic carbocycles. The molecule has 0 fully saturated rings. The van der Waals surface area contributed by atoms with Crippen LogP contribution in [0.15, 0.2) is 91.0 Å². The van der Waals surface area contributed by atoms with E-state index in [0.29, 0.717) is 13.1 Å². The van der Waals surface area contributed by atoms with Crippen molar-refractivity contribution in [2.75, 3.05) is 0 Å². The Morgan fingerprint density at radius 2 is 1.15 bits per heavy atom. The van der Waals surface area contributed by atoms with E-state index >= 15 is 0 Å². The molecule has 0 saturated heterocycles. The summed E-state index contributed by atoms with van der Waals surface area (Å²) >= 11 is 13.1. The van der Waals surface area contributed by atoms with Crippen molar-refractivity contribution in [1.29, 1.82) is 5.26 Å². The van der Waals surface area contributed by atoms with Crippen LogP contribution in [0.1, 0.15) is 22.7 Å². The van der Waals surface area contributed by atoms with E-state index in [-0.39, 0.29) is 0 Å². The molecule has 3 rings (SSSR count). The van der Waals surface area contributed by atoms with Crippen molar-refractivity contribution in [1.82, 2.24) is 0 Å². The third-order valence-electron chi connectivity index (χ3n) is 4.60. The summed E-state index contributed by atoms with van der Waals surface area (Å²) in [6.07, 6.45) is 0. The molecule has 0 aliphatic rings. The largest absolute Gasteiger partial charge is 0.318 e. The Kier molecular flexibility index (Phi) is 6.53. The third-order valence-corrected chi connectivity index (χ3v) is 5.21. The van der Waals surface area contributed by atoms with Gasteiger partial charge in [0, 0.05) is 16.7 Å². The van der Waals surface area contributed by atoms with Gasteiger partial charge in [-0.3, -0.25) is 0 Å². The molecule has 136 valence electrons. The Hall–Kier alpha value is -2.31. The number of hydrogen-bond donors (Lipinski definition) is 1. The van der Waals surface area contributed by atoms with Crippen molar-refractivity contribution < 1.29 is 4.90 Å². The lowest BCUT2D eigenvalue weighted by molar-refractivity contribution is -0.958. The van der Waals surface area contributed by atoms with Crippen molar-refractivity contribution >= 4 is 23.2 Å². The van der Waals surface area contributed by atoms with Crippen LogP contribution in [-0.2, 0) is 13.1 Å². The quantitative estimate of drug-likeness (QED) is 0.576. The van der Waals surface area contributed by atoms with Crippen LogP contribution in [-0.4, -0.2) is 4.33 Å². The van der Waals surface area contributed by atoms with E-state index in [4.69, 9.17) is 23.2 Å². The molecule has 1 N–H and O–H groups in total. The average Bonchev–Trinajstić information content (AvgIpc) is 2.70. The Balaban J connectivity index is 2.03. The zero-order chi connectivity index (χ0) is 19.1.